The van der Waals surface area contributed by atoms with Crippen LogP contribution in [0.2, 0.25) is 0 Å². The summed E-state index contributed by atoms with van der Waals surface area (Å²) in [5, 5.41) is 1.02. The van der Waals surface area contributed by atoms with Crippen LogP contribution in [-0.4, -0.2) is 18.1 Å². The Bertz CT molecular complexity index is 766. The van der Waals surface area contributed by atoms with Gasteiger partial charge in [0.15, 0.2) is 0 Å². The molecule has 0 saturated heterocycles. The average Bonchev–Trinajstić information content (AvgIpc) is 2.53. The van der Waals surface area contributed by atoms with E-state index in [1.807, 2.05) is 36.4 Å². The lowest BCUT2D eigenvalue weighted by atomic mass is 10.0. The van der Waals surface area contributed by atoms with Gasteiger partial charge in [-0.1, -0.05) is 42.5 Å². The first-order chi connectivity index (χ1) is 9.79. The normalized spacial score (nSPS) is 10.4. The van der Waals surface area contributed by atoms with Crippen molar-refractivity contribution in [3.05, 3.63) is 66.4 Å². The molecule has 0 bridgehead atoms. The number of aromatic nitrogens is 1. The highest BCUT2D eigenvalue weighted by Gasteiger charge is 2.10. The number of esters is 1. The third kappa shape index (κ3) is 2.14. The fourth-order valence-electron chi connectivity index (χ4n) is 2.24. The summed E-state index contributed by atoms with van der Waals surface area (Å²) in [5.41, 5.74) is 3.34. The zero-order chi connectivity index (χ0) is 13.9. The Hall–Kier alpha value is -2.68. The van der Waals surface area contributed by atoms with E-state index in [-0.39, 0.29) is 0 Å². The fourth-order valence-corrected chi connectivity index (χ4v) is 2.24. The van der Waals surface area contributed by atoms with Gasteiger partial charge in [-0.25, -0.2) is 9.78 Å². The van der Waals surface area contributed by atoms with Gasteiger partial charge in [0.25, 0.3) is 0 Å². The molecule has 0 aliphatic rings. The minimum atomic E-state index is -0.419. The quantitative estimate of drug-likeness (QED) is 0.662. The Kier molecular flexibility index (Phi) is 3.17. The molecule has 3 heteroatoms. The van der Waals surface area contributed by atoms with Crippen LogP contribution in [-0.2, 0) is 4.74 Å². The summed E-state index contributed by atoms with van der Waals surface area (Å²) in [6.45, 7) is 0. The summed E-state index contributed by atoms with van der Waals surface area (Å²) >= 11 is 0. The molecule has 1 heterocycles. The van der Waals surface area contributed by atoms with Crippen molar-refractivity contribution >= 4 is 16.9 Å². The average molecular weight is 263 g/mol. The lowest BCUT2D eigenvalue weighted by molar-refractivity contribution is 0.0594. The van der Waals surface area contributed by atoms with Crippen LogP contribution in [0.3, 0.4) is 0 Å². The van der Waals surface area contributed by atoms with Crippen molar-refractivity contribution in [3.8, 4) is 11.1 Å². The molecule has 0 unspecified atom stereocenters. The second-order valence-corrected chi connectivity index (χ2v) is 4.43. The van der Waals surface area contributed by atoms with Crippen molar-refractivity contribution < 1.29 is 9.53 Å². The fraction of sp³-hybridized carbons (Fsp3) is 0.0588. The molecule has 3 nitrogen and oxygen atoms in total. The molecule has 0 N–H and O–H groups in total. The van der Waals surface area contributed by atoms with Gasteiger partial charge in [0.2, 0.25) is 0 Å². The molecule has 0 aliphatic carbocycles. The molecule has 0 amide bonds. The highest BCUT2D eigenvalue weighted by Crippen LogP contribution is 2.27. The lowest BCUT2D eigenvalue weighted by Crippen LogP contribution is -2.03. The van der Waals surface area contributed by atoms with Crippen molar-refractivity contribution in [1.29, 1.82) is 0 Å². The summed E-state index contributed by atoms with van der Waals surface area (Å²) in [4.78, 5) is 15.9. The standard InChI is InChI=1S/C17H13NO2/c1-20-17(19)16-11-10-14-13(8-5-9-15(14)18-16)12-6-3-2-4-7-12/h2-11H,1H3. The molecule has 0 saturated carbocycles. The Morgan fingerprint density at radius 1 is 0.950 bits per heavy atom. The van der Waals surface area contributed by atoms with Gasteiger partial charge in [0.05, 0.1) is 12.6 Å². The highest BCUT2D eigenvalue weighted by molar-refractivity contribution is 5.97. The smallest absolute Gasteiger partial charge is 0.356 e. The van der Waals surface area contributed by atoms with Crippen LogP contribution in [0.25, 0.3) is 22.0 Å². The summed E-state index contributed by atoms with van der Waals surface area (Å²) in [6.07, 6.45) is 0. The molecule has 3 aromatic rings. The zero-order valence-corrected chi connectivity index (χ0v) is 11.0. The summed E-state index contributed by atoms with van der Waals surface area (Å²) in [6, 6.07) is 19.6. The van der Waals surface area contributed by atoms with Crippen molar-refractivity contribution in [2.24, 2.45) is 0 Å². The Morgan fingerprint density at radius 3 is 2.50 bits per heavy atom. The van der Waals surface area contributed by atoms with Crippen LogP contribution in [0.4, 0.5) is 0 Å². The molecule has 1 aromatic heterocycles. The van der Waals surface area contributed by atoms with Gasteiger partial charge in [-0.15, -0.1) is 0 Å². The Balaban J connectivity index is 2.19. The van der Waals surface area contributed by atoms with E-state index < -0.39 is 5.97 Å². The van der Waals surface area contributed by atoms with Crippen molar-refractivity contribution in [2.75, 3.05) is 7.11 Å². The van der Waals surface area contributed by atoms with Crippen LogP contribution in [0.1, 0.15) is 10.5 Å². The molecule has 20 heavy (non-hydrogen) atoms. The number of pyridine rings is 1. The van der Waals surface area contributed by atoms with Gasteiger partial charge in [-0.2, -0.15) is 0 Å². The number of methoxy groups -OCH3 is 1. The summed E-state index contributed by atoms with van der Waals surface area (Å²) in [7, 11) is 1.36. The second-order valence-electron chi connectivity index (χ2n) is 4.43. The molecule has 0 radical (unpaired) electrons. The molecule has 3 rings (SSSR count). The zero-order valence-electron chi connectivity index (χ0n) is 11.0. The minimum absolute atomic E-state index is 0.324. The third-order valence-corrected chi connectivity index (χ3v) is 3.21. The first-order valence-corrected chi connectivity index (χ1v) is 6.33. The Labute approximate surface area is 116 Å². The summed E-state index contributed by atoms with van der Waals surface area (Å²) in [5.74, 6) is -0.419. The number of carbonyl (C=O) groups excluding carboxylic acids is 1. The van der Waals surface area contributed by atoms with E-state index in [1.54, 1.807) is 6.07 Å². The number of nitrogens with zero attached hydrogens (tertiary/aromatic N) is 1. The summed E-state index contributed by atoms with van der Waals surface area (Å²) < 4.78 is 4.70. The minimum Gasteiger partial charge on any atom is -0.464 e. The Morgan fingerprint density at radius 2 is 1.75 bits per heavy atom. The molecule has 0 aliphatic heterocycles. The van der Waals surface area contributed by atoms with E-state index in [4.69, 9.17) is 4.74 Å². The second kappa shape index (κ2) is 5.13. The largest absolute Gasteiger partial charge is 0.464 e. The maximum Gasteiger partial charge on any atom is 0.356 e. The van der Waals surface area contributed by atoms with Crippen LogP contribution >= 0.6 is 0 Å². The van der Waals surface area contributed by atoms with E-state index in [2.05, 4.69) is 23.2 Å². The van der Waals surface area contributed by atoms with E-state index in [9.17, 15) is 4.79 Å². The molecule has 0 atom stereocenters. The van der Waals surface area contributed by atoms with Crippen LogP contribution in [0, 0.1) is 0 Å². The molecule has 0 fully saturated rings. The highest BCUT2D eigenvalue weighted by atomic mass is 16.5. The van der Waals surface area contributed by atoms with Gasteiger partial charge in [-0.05, 0) is 29.3 Å². The van der Waals surface area contributed by atoms with E-state index in [0.717, 1.165) is 22.0 Å². The van der Waals surface area contributed by atoms with Gasteiger partial charge >= 0.3 is 5.97 Å². The predicted octanol–water partition coefficient (Wildman–Crippen LogP) is 3.69. The first-order valence-electron chi connectivity index (χ1n) is 6.33. The van der Waals surface area contributed by atoms with E-state index in [0.29, 0.717) is 5.69 Å². The van der Waals surface area contributed by atoms with Gasteiger partial charge in [0, 0.05) is 5.39 Å². The molecular formula is C17H13NO2. The topological polar surface area (TPSA) is 39.2 Å². The van der Waals surface area contributed by atoms with Crippen molar-refractivity contribution in [2.45, 2.75) is 0 Å². The van der Waals surface area contributed by atoms with Crippen LogP contribution in [0.5, 0.6) is 0 Å². The van der Waals surface area contributed by atoms with Gasteiger partial charge in [0.1, 0.15) is 5.69 Å². The van der Waals surface area contributed by atoms with E-state index in [1.165, 1.54) is 7.11 Å². The molecule has 98 valence electrons. The number of hydrogen-bond acceptors (Lipinski definition) is 3. The maximum atomic E-state index is 11.5. The number of benzene rings is 2. The molecule has 0 spiro atoms. The number of ether oxygens (including phenoxy) is 1. The van der Waals surface area contributed by atoms with Gasteiger partial charge < -0.3 is 4.74 Å². The third-order valence-electron chi connectivity index (χ3n) is 3.21. The van der Waals surface area contributed by atoms with Gasteiger partial charge in [-0.3, -0.25) is 0 Å². The molecule has 2 aromatic carbocycles. The number of carbonyl (C=O) groups is 1. The number of rotatable bonds is 2. The molecular weight excluding hydrogens is 250 g/mol. The van der Waals surface area contributed by atoms with Crippen LogP contribution in [0.15, 0.2) is 60.7 Å². The maximum absolute atomic E-state index is 11.5. The van der Waals surface area contributed by atoms with Crippen LogP contribution < -0.4 is 0 Å². The SMILES string of the molecule is COC(=O)c1ccc2c(-c3ccccc3)cccc2n1. The first kappa shape index (κ1) is 12.4. The lowest BCUT2D eigenvalue weighted by Gasteiger charge is -2.07. The van der Waals surface area contributed by atoms with Crippen molar-refractivity contribution in [1.82, 2.24) is 4.98 Å². The monoisotopic (exact) mass is 263 g/mol. The predicted molar refractivity (Wildman–Crippen MR) is 78.5 cm³/mol. The number of fused-ring (bicyclic) bond motifs is 1. The number of hydrogen-bond donors (Lipinski definition) is 0. The van der Waals surface area contributed by atoms with E-state index >= 15 is 0 Å². The van der Waals surface area contributed by atoms with Crippen molar-refractivity contribution in [3.63, 3.8) is 0 Å².